The Morgan fingerprint density at radius 2 is 2.04 bits per heavy atom. The van der Waals surface area contributed by atoms with Crippen LogP contribution in [0.1, 0.15) is 33.3 Å². The molecule has 2 heterocycles. The van der Waals surface area contributed by atoms with Gasteiger partial charge in [0.1, 0.15) is 16.7 Å². The van der Waals surface area contributed by atoms with Crippen LogP contribution < -0.4 is 4.90 Å². The predicted molar refractivity (Wildman–Crippen MR) is 100 cm³/mol. The first kappa shape index (κ1) is 16.5. The van der Waals surface area contributed by atoms with Crippen LogP contribution in [-0.4, -0.2) is 30.2 Å². The van der Waals surface area contributed by atoms with Crippen molar-refractivity contribution in [2.75, 3.05) is 11.4 Å². The van der Waals surface area contributed by atoms with Crippen LogP contribution >= 0.6 is 22.9 Å². The summed E-state index contributed by atoms with van der Waals surface area (Å²) in [6.45, 7) is 3.67. The Kier molecular flexibility index (Phi) is 4.34. The van der Waals surface area contributed by atoms with Crippen LogP contribution in [0.25, 0.3) is 0 Å². The molecule has 5 nitrogen and oxygen atoms in total. The van der Waals surface area contributed by atoms with Gasteiger partial charge < -0.3 is 0 Å². The highest BCUT2D eigenvalue weighted by atomic mass is 35.5. The normalized spacial score (nSPS) is 14.0. The summed E-state index contributed by atoms with van der Waals surface area (Å²) in [4.78, 5) is 18.1. The van der Waals surface area contributed by atoms with Gasteiger partial charge in [-0.25, -0.2) is 0 Å². The van der Waals surface area contributed by atoms with Crippen molar-refractivity contribution in [3.05, 3.63) is 50.9 Å². The number of nitrogens with zero attached hydrogens (tertiary/aromatic N) is 2. The molecule has 1 aliphatic rings. The fraction of sp³-hybridized carbons (Fsp3) is 0.176. The Labute approximate surface area is 148 Å². The van der Waals surface area contributed by atoms with Gasteiger partial charge in [-0.2, -0.15) is 0 Å². The Bertz CT molecular complexity index is 883. The van der Waals surface area contributed by atoms with Crippen LogP contribution in [0.2, 0.25) is 5.02 Å². The standard InChI is InChI=1S/C17H15ClN4OS/c1-9-13(8-23)24-17-15(9)16(11-3-5-12(18)6-4-11)21-7-14(20)22(17)10(2)19/h3-6,8,19-20H,7H2,1-2H3. The fourth-order valence-electron chi connectivity index (χ4n) is 2.69. The van der Waals surface area contributed by atoms with E-state index in [1.54, 1.807) is 24.0 Å². The third kappa shape index (κ3) is 2.68. The van der Waals surface area contributed by atoms with E-state index >= 15 is 0 Å². The molecule has 2 N–H and O–H groups in total. The summed E-state index contributed by atoms with van der Waals surface area (Å²) >= 11 is 7.26. The number of hydrogen-bond donors (Lipinski definition) is 2. The molecule has 24 heavy (non-hydrogen) atoms. The summed E-state index contributed by atoms with van der Waals surface area (Å²) in [6.07, 6.45) is 0.815. The Balaban J connectivity index is 2.28. The number of rotatable bonds is 2. The van der Waals surface area contributed by atoms with Crippen LogP contribution in [0.4, 0.5) is 5.00 Å². The van der Waals surface area contributed by atoms with E-state index in [2.05, 4.69) is 4.99 Å². The minimum absolute atomic E-state index is 0.172. The monoisotopic (exact) mass is 358 g/mol. The first-order valence-corrected chi connectivity index (χ1v) is 8.45. The molecular formula is C17H15ClN4OS. The van der Waals surface area contributed by atoms with E-state index in [0.717, 1.165) is 28.7 Å². The highest BCUT2D eigenvalue weighted by Gasteiger charge is 2.29. The van der Waals surface area contributed by atoms with Crippen LogP contribution in [0.15, 0.2) is 29.3 Å². The molecule has 0 bridgehead atoms. The lowest BCUT2D eigenvalue weighted by molar-refractivity contribution is 0.112. The van der Waals surface area contributed by atoms with Gasteiger partial charge in [-0.05, 0) is 31.5 Å². The lowest BCUT2D eigenvalue weighted by Gasteiger charge is -2.20. The third-order valence-electron chi connectivity index (χ3n) is 3.82. The molecule has 2 aromatic rings. The molecule has 0 spiro atoms. The molecule has 0 atom stereocenters. The number of hydrogen-bond acceptors (Lipinski definition) is 5. The van der Waals surface area contributed by atoms with Crippen LogP contribution in [0.3, 0.4) is 0 Å². The van der Waals surface area contributed by atoms with Crippen LogP contribution in [0, 0.1) is 17.7 Å². The molecule has 0 unspecified atom stereocenters. The van der Waals surface area contributed by atoms with E-state index in [4.69, 9.17) is 22.4 Å². The summed E-state index contributed by atoms with van der Waals surface area (Å²) in [5.74, 6) is 0.443. The van der Waals surface area contributed by atoms with Gasteiger partial charge in [0.15, 0.2) is 6.29 Å². The van der Waals surface area contributed by atoms with E-state index in [9.17, 15) is 4.79 Å². The molecule has 0 amide bonds. The van der Waals surface area contributed by atoms with Gasteiger partial charge >= 0.3 is 0 Å². The fourth-order valence-corrected chi connectivity index (χ4v) is 4.02. The summed E-state index contributed by atoms with van der Waals surface area (Å²) < 4.78 is 0. The summed E-state index contributed by atoms with van der Waals surface area (Å²) in [5, 5.41) is 17.6. The maximum absolute atomic E-state index is 11.4. The van der Waals surface area contributed by atoms with Gasteiger partial charge in [-0.3, -0.25) is 25.5 Å². The molecule has 1 aliphatic heterocycles. The van der Waals surface area contributed by atoms with Crippen molar-refractivity contribution in [2.45, 2.75) is 13.8 Å². The molecule has 0 radical (unpaired) electrons. The van der Waals surface area contributed by atoms with E-state index in [-0.39, 0.29) is 18.2 Å². The van der Waals surface area contributed by atoms with Crippen molar-refractivity contribution in [3.8, 4) is 0 Å². The number of carbonyl (C=O) groups is 1. The minimum atomic E-state index is 0.172. The van der Waals surface area contributed by atoms with Crippen LogP contribution in [-0.2, 0) is 0 Å². The van der Waals surface area contributed by atoms with Crippen molar-refractivity contribution in [1.29, 1.82) is 10.8 Å². The first-order valence-electron chi connectivity index (χ1n) is 7.26. The molecule has 0 saturated carbocycles. The van der Waals surface area contributed by atoms with Gasteiger partial charge in [0, 0.05) is 16.1 Å². The lowest BCUT2D eigenvalue weighted by Crippen LogP contribution is -2.35. The van der Waals surface area contributed by atoms with Crippen molar-refractivity contribution in [3.63, 3.8) is 0 Å². The molecule has 122 valence electrons. The largest absolute Gasteiger partial charge is 0.297 e. The van der Waals surface area contributed by atoms with Crippen molar-refractivity contribution >= 4 is 51.6 Å². The summed E-state index contributed by atoms with van der Waals surface area (Å²) in [6, 6.07) is 7.33. The van der Waals surface area contributed by atoms with E-state index in [0.29, 0.717) is 14.9 Å². The number of aldehydes is 1. The van der Waals surface area contributed by atoms with Crippen molar-refractivity contribution in [2.24, 2.45) is 4.99 Å². The number of halogens is 1. The quantitative estimate of drug-likeness (QED) is 0.480. The molecule has 0 aliphatic carbocycles. The molecule has 7 heteroatoms. The zero-order valence-corrected chi connectivity index (χ0v) is 14.8. The maximum Gasteiger partial charge on any atom is 0.160 e. The number of carbonyl (C=O) groups excluding carboxylic acids is 1. The first-order chi connectivity index (χ1) is 11.4. The number of fused-ring (bicyclic) bond motifs is 1. The average Bonchev–Trinajstić information content (AvgIpc) is 2.77. The molecule has 3 rings (SSSR count). The number of benzene rings is 1. The Hall–Kier alpha value is -2.31. The average molecular weight is 359 g/mol. The Morgan fingerprint density at radius 3 is 2.62 bits per heavy atom. The number of aliphatic imine (C=N–C) groups is 1. The van der Waals surface area contributed by atoms with Gasteiger partial charge in [-0.15, -0.1) is 11.3 Å². The lowest BCUT2D eigenvalue weighted by atomic mass is 10.00. The molecular weight excluding hydrogens is 344 g/mol. The second-order valence-corrected chi connectivity index (χ2v) is 6.90. The second kappa shape index (κ2) is 6.30. The Morgan fingerprint density at radius 1 is 1.38 bits per heavy atom. The third-order valence-corrected chi connectivity index (χ3v) is 5.28. The topological polar surface area (TPSA) is 80.4 Å². The van der Waals surface area contributed by atoms with Gasteiger partial charge in [0.2, 0.25) is 0 Å². The van der Waals surface area contributed by atoms with E-state index < -0.39 is 0 Å². The van der Waals surface area contributed by atoms with E-state index in [1.165, 1.54) is 11.3 Å². The predicted octanol–water partition coefficient (Wildman–Crippen LogP) is 4.15. The number of thiophene rings is 1. The summed E-state index contributed by atoms with van der Waals surface area (Å²) in [5.41, 5.74) is 3.21. The molecule has 0 fully saturated rings. The summed E-state index contributed by atoms with van der Waals surface area (Å²) in [7, 11) is 0. The SMILES string of the molecule is CC(=N)N1C(=N)CN=C(c2ccc(Cl)cc2)c2c1sc(C=O)c2C. The number of anilines is 1. The maximum atomic E-state index is 11.4. The minimum Gasteiger partial charge on any atom is -0.297 e. The zero-order valence-electron chi connectivity index (χ0n) is 13.2. The highest BCUT2D eigenvalue weighted by molar-refractivity contribution is 7.18. The van der Waals surface area contributed by atoms with E-state index in [1.807, 2.05) is 19.1 Å². The van der Waals surface area contributed by atoms with Gasteiger partial charge in [-0.1, -0.05) is 23.7 Å². The molecule has 1 aromatic carbocycles. The van der Waals surface area contributed by atoms with Gasteiger partial charge in [0.25, 0.3) is 0 Å². The smallest absolute Gasteiger partial charge is 0.160 e. The zero-order chi connectivity index (χ0) is 17.4. The van der Waals surface area contributed by atoms with Crippen molar-refractivity contribution < 1.29 is 4.79 Å². The number of amidine groups is 2. The molecule has 1 aromatic heterocycles. The highest BCUT2D eigenvalue weighted by Crippen LogP contribution is 2.38. The van der Waals surface area contributed by atoms with Crippen molar-refractivity contribution in [1.82, 2.24) is 0 Å². The molecule has 0 saturated heterocycles. The van der Waals surface area contributed by atoms with Crippen LogP contribution in [0.5, 0.6) is 0 Å². The number of nitrogens with one attached hydrogen (secondary N) is 2. The second-order valence-electron chi connectivity index (χ2n) is 5.43. The van der Waals surface area contributed by atoms with Gasteiger partial charge in [0.05, 0.1) is 17.1 Å².